The van der Waals surface area contributed by atoms with E-state index < -0.39 is 23.5 Å². The van der Waals surface area contributed by atoms with Crippen molar-refractivity contribution in [3.8, 4) is 0 Å². The number of piperidine rings is 2. The number of rotatable bonds is 8. The van der Waals surface area contributed by atoms with E-state index in [0.29, 0.717) is 25.6 Å². The zero-order valence-electron chi connectivity index (χ0n) is 24.2. The lowest BCUT2D eigenvalue weighted by molar-refractivity contribution is -0.141. The van der Waals surface area contributed by atoms with E-state index >= 15 is 0 Å². The Hall–Kier alpha value is -4.38. The quantitative estimate of drug-likeness (QED) is 0.234. The van der Waals surface area contributed by atoms with Crippen molar-refractivity contribution in [3.63, 3.8) is 0 Å². The van der Waals surface area contributed by atoms with Crippen molar-refractivity contribution >= 4 is 23.4 Å². The van der Waals surface area contributed by atoms with Gasteiger partial charge < -0.3 is 24.3 Å². The minimum Gasteiger partial charge on any atom is -0.417 e. The van der Waals surface area contributed by atoms with Crippen LogP contribution < -0.4 is 15.1 Å². The minimum absolute atomic E-state index is 0.162. The molecule has 6 rings (SSSR count). The van der Waals surface area contributed by atoms with E-state index in [1.165, 1.54) is 11.8 Å². The third kappa shape index (κ3) is 7.05. The van der Waals surface area contributed by atoms with Crippen LogP contribution in [-0.4, -0.2) is 48.2 Å². The summed E-state index contributed by atoms with van der Waals surface area (Å²) in [6, 6.07) is 23.2. The molecule has 44 heavy (non-hydrogen) atoms. The van der Waals surface area contributed by atoms with Crippen LogP contribution in [0.25, 0.3) is 0 Å². The van der Waals surface area contributed by atoms with Crippen LogP contribution in [0.4, 0.5) is 30.7 Å². The number of carbonyl (C=O) groups is 1. The molecule has 2 aliphatic rings. The molecule has 2 aliphatic heterocycles. The Morgan fingerprint density at radius 2 is 1.55 bits per heavy atom. The van der Waals surface area contributed by atoms with E-state index in [-0.39, 0.29) is 17.8 Å². The number of oxazole rings is 1. The van der Waals surface area contributed by atoms with Crippen LogP contribution >= 0.6 is 0 Å². The molecule has 0 unspecified atom stereocenters. The van der Waals surface area contributed by atoms with Crippen LogP contribution in [0.2, 0.25) is 0 Å². The number of anilines is 3. The molecular weight excluding hydrogens is 571 g/mol. The van der Waals surface area contributed by atoms with Gasteiger partial charge in [-0.25, -0.2) is 4.98 Å². The fraction of sp³-hybridized carbons (Fsp3) is 0.364. The maximum absolute atomic E-state index is 13.9. The van der Waals surface area contributed by atoms with E-state index in [2.05, 4.69) is 32.3 Å². The van der Waals surface area contributed by atoms with Gasteiger partial charge in [0.2, 0.25) is 5.76 Å². The maximum Gasteiger partial charge on any atom is 0.437 e. The van der Waals surface area contributed by atoms with Crippen molar-refractivity contribution in [1.82, 2.24) is 9.97 Å². The fourth-order valence-corrected chi connectivity index (χ4v) is 5.79. The summed E-state index contributed by atoms with van der Waals surface area (Å²) < 4.78 is 53.2. The molecule has 2 aromatic heterocycles. The zero-order valence-corrected chi connectivity index (χ0v) is 24.2. The summed E-state index contributed by atoms with van der Waals surface area (Å²) in [5.74, 6) is -0.857. The molecule has 4 aromatic rings. The number of alkyl halides is 3. The molecule has 230 valence electrons. The monoisotopic (exact) mass is 605 g/mol. The highest BCUT2D eigenvalue weighted by Gasteiger charge is 2.42. The van der Waals surface area contributed by atoms with Gasteiger partial charge >= 0.3 is 6.18 Å². The van der Waals surface area contributed by atoms with Gasteiger partial charge in [-0.2, -0.15) is 18.2 Å². The number of halogens is 3. The molecule has 0 saturated carbocycles. The van der Waals surface area contributed by atoms with Crippen molar-refractivity contribution in [2.75, 3.05) is 41.3 Å². The first kappa shape index (κ1) is 29.7. The van der Waals surface area contributed by atoms with E-state index in [1.807, 2.05) is 48.5 Å². The highest BCUT2D eigenvalue weighted by atomic mass is 19.4. The molecule has 8 nitrogen and oxygen atoms in total. The number of hydrogen-bond acceptors (Lipinski definition) is 7. The Labute approximate surface area is 253 Å². The number of nitrogens with zero attached hydrogens (tertiary/aromatic N) is 4. The lowest BCUT2D eigenvalue weighted by Gasteiger charge is -2.32. The summed E-state index contributed by atoms with van der Waals surface area (Å²) in [6.45, 7) is 3.04. The number of amides is 1. The summed E-state index contributed by atoms with van der Waals surface area (Å²) in [5, 5.41) is 2.49. The number of hydrogen-bond donors (Lipinski definition) is 1. The molecule has 0 aliphatic carbocycles. The van der Waals surface area contributed by atoms with E-state index in [9.17, 15) is 18.0 Å². The number of carbonyl (C=O) groups excluding carboxylic acids is 1. The van der Waals surface area contributed by atoms with Gasteiger partial charge in [0.25, 0.3) is 11.9 Å². The topological polar surface area (TPSA) is 83.7 Å². The molecule has 2 saturated heterocycles. The molecule has 4 heterocycles. The highest BCUT2D eigenvalue weighted by molar-refractivity contribution is 6.03. The van der Waals surface area contributed by atoms with Crippen molar-refractivity contribution in [3.05, 3.63) is 102 Å². The van der Waals surface area contributed by atoms with Crippen LogP contribution in [0.5, 0.6) is 0 Å². The van der Waals surface area contributed by atoms with Gasteiger partial charge in [-0.3, -0.25) is 4.79 Å². The predicted octanol–water partition coefficient (Wildman–Crippen LogP) is 6.91. The maximum atomic E-state index is 13.9. The smallest absolute Gasteiger partial charge is 0.417 e. The largest absolute Gasteiger partial charge is 0.437 e. The summed E-state index contributed by atoms with van der Waals surface area (Å²) in [7, 11) is 0. The Bertz CT molecular complexity index is 1510. The van der Waals surface area contributed by atoms with Gasteiger partial charge in [-0.1, -0.05) is 60.7 Å². The second-order valence-corrected chi connectivity index (χ2v) is 11.2. The van der Waals surface area contributed by atoms with Gasteiger partial charge in [0.15, 0.2) is 5.69 Å². The van der Waals surface area contributed by atoms with Crippen LogP contribution in [0.3, 0.4) is 0 Å². The van der Waals surface area contributed by atoms with Crippen molar-refractivity contribution in [1.29, 1.82) is 0 Å². The van der Waals surface area contributed by atoms with E-state index in [1.54, 1.807) is 17.0 Å². The Kier molecular flexibility index (Phi) is 8.83. The Morgan fingerprint density at radius 1 is 0.886 bits per heavy atom. The second kappa shape index (κ2) is 13.1. The molecule has 2 aromatic carbocycles. The van der Waals surface area contributed by atoms with Gasteiger partial charge in [-0.05, 0) is 54.9 Å². The van der Waals surface area contributed by atoms with Gasteiger partial charge in [-0.15, -0.1) is 0 Å². The van der Waals surface area contributed by atoms with E-state index in [0.717, 1.165) is 50.2 Å². The molecule has 11 heteroatoms. The number of ether oxygens (including phenoxy) is 1. The van der Waals surface area contributed by atoms with E-state index in [4.69, 9.17) is 9.15 Å². The molecule has 1 amide bonds. The summed E-state index contributed by atoms with van der Waals surface area (Å²) >= 11 is 0. The van der Waals surface area contributed by atoms with Crippen LogP contribution in [0.15, 0.2) is 83.4 Å². The van der Waals surface area contributed by atoms with Crippen LogP contribution in [0, 0.1) is 0 Å². The predicted molar refractivity (Wildman–Crippen MR) is 161 cm³/mol. The number of pyridine rings is 1. The lowest BCUT2D eigenvalue weighted by Crippen LogP contribution is -2.37. The standard InChI is InChI=1S/C33H34F3N5O3/c34-33(35,36)30-29(44-32(39-30)41-17-13-25(14-18-41)24-9-5-2-6-10-24)31(42)38-26-11-12-28(37-21-26)40-19-15-27(16-20-40)43-22-23-7-3-1-4-8-23/h1-12,21,25,27H,13-20,22H2,(H,38,42). The molecular formula is C33H34F3N5O3. The molecule has 1 N–H and O–H groups in total. The van der Waals surface area contributed by atoms with Crippen LogP contribution in [0.1, 0.15) is 59.0 Å². The Morgan fingerprint density at radius 3 is 2.18 bits per heavy atom. The summed E-state index contributed by atoms with van der Waals surface area (Å²) in [5.41, 5.74) is 1.26. The number of aromatic nitrogens is 2. The molecule has 2 fully saturated rings. The lowest BCUT2D eigenvalue weighted by atomic mass is 9.90. The van der Waals surface area contributed by atoms with Gasteiger partial charge in [0.05, 0.1) is 24.6 Å². The first-order chi connectivity index (χ1) is 21.3. The first-order valence-electron chi connectivity index (χ1n) is 14.9. The van der Waals surface area contributed by atoms with Crippen molar-refractivity contribution < 1.29 is 27.1 Å². The molecule has 0 spiro atoms. The third-order valence-corrected chi connectivity index (χ3v) is 8.23. The van der Waals surface area contributed by atoms with Gasteiger partial charge in [0.1, 0.15) is 5.82 Å². The zero-order chi connectivity index (χ0) is 30.5. The third-order valence-electron chi connectivity index (χ3n) is 8.23. The van der Waals surface area contributed by atoms with Crippen LogP contribution in [-0.2, 0) is 17.5 Å². The minimum atomic E-state index is -4.85. The SMILES string of the molecule is O=C(Nc1ccc(N2CCC(OCc3ccccc3)CC2)nc1)c1oc(N2CCC(c3ccccc3)CC2)nc1C(F)(F)F. The summed E-state index contributed by atoms with van der Waals surface area (Å²) in [6.07, 6.45) is -0.0670. The first-order valence-corrected chi connectivity index (χ1v) is 14.9. The molecule has 0 radical (unpaired) electrons. The number of benzene rings is 2. The Balaban J connectivity index is 1.05. The average Bonchev–Trinajstić information content (AvgIpc) is 3.53. The number of nitrogens with one attached hydrogen (secondary N) is 1. The summed E-state index contributed by atoms with van der Waals surface area (Å²) in [4.78, 5) is 24.9. The average molecular weight is 606 g/mol. The normalized spacial score (nSPS) is 16.7. The van der Waals surface area contributed by atoms with Crippen molar-refractivity contribution in [2.45, 2.75) is 50.5 Å². The second-order valence-electron chi connectivity index (χ2n) is 11.2. The fourth-order valence-electron chi connectivity index (χ4n) is 5.79. The molecule has 0 bridgehead atoms. The van der Waals surface area contributed by atoms with Crippen molar-refractivity contribution in [2.24, 2.45) is 0 Å². The molecule has 0 atom stereocenters. The highest BCUT2D eigenvalue weighted by Crippen LogP contribution is 2.36. The van der Waals surface area contributed by atoms with Gasteiger partial charge in [0, 0.05) is 26.2 Å².